The lowest BCUT2D eigenvalue weighted by Gasteiger charge is -2.15. The van der Waals surface area contributed by atoms with Crippen molar-refractivity contribution >= 4 is 21.6 Å². The average Bonchev–Trinajstić information content (AvgIpc) is 2.62. The van der Waals surface area contributed by atoms with E-state index in [2.05, 4.69) is 5.32 Å². The molecule has 2 aromatic rings. The summed E-state index contributed by atoms with van der Waals surface area (Å²) >= 11 is 0. The first-order chi connectivity index (χ1) is 11.8. The molecule has 1 amide bonds. The van der Waals surface area contributed by atoms with E-state index in [1.165, 1.54) is 32.4 Å². The topological polar surface area (TPSA) is 75.7 Å². The van der Waals surface area contributed by atoms with Crippen LogP contribution in [0.5, 0.6) is 0 Å². The van der Waals surface area contributed by atoms with Crippen molar-refractivity contribution in [2.24, 2.45) is 0 Å². The van der Waals surface area contributed by atoms with Gasteiger partial charge in [0, 0.05) is 18.3 Å². The van der Waals surface area contributed by atoms with Crippen molar-refractivity contribution < 1.29 is 18.0 Å². The summed E-state index contributed by atoms with van der Waals surface area (Å²) in [6.45, 7) is 3.93. The summed E-state index contributed by atoms with van der Waals surface area (Å²) in [5.74, 6) is -0.360. The van der Waals surface area contributed by atoms with Crippen molar-refractivity contribution in [3.8, 4) is 0 Å². The fourth-order valence-electron chi connectivity index (χ4n) is 2.43. The van der Waals surface area contributed by atoms with Gasteiger partial charge in [-0.3, -0.25) is 9.63 Å². The molecule has 0 heterocycles. The van der Waals surface area contributed by atoms with E-state index in [1.54, 1.807) is 6.07 Å². The van der Waals surface area contributed by atoms with E-state index in [-0.39, 0.29) is 16.4 Å². The fraction of sp³-hybridized carbons (Fsp3) is 0.278. The lowest BCUT2D eigenvalue weighted by Crippen LogP contribution is -2.26. The Balaban J connectivity index is 2.35. The Bertz CT molecular complexity index is 878. The second-order valence-electron chi connectivity index (χ2n) is 5.54. The van der Waals surface area contributed by atoms with Crippen molar-refractivity contribution in [2.75, 3.05) is 19.5 Å². The molecule has 134 valence electrons. The zero-order chi connectivity index (χ0) is 18.6. The lowest BCUT2D eigenvalue weighted by molar-refractivity contribution is -0.0258. The van der Waals surface area contributed by atoms with Crippen LogP contribution in [0, 0.1) is 6.92 Å². The second-order valence-corrected chi connectivity index (χ2v) is 7.48. The maximum atomic E-state index is 12.6. The second kappa shape index (κ2) is 7.77. The van der Waals surface area contributed by atoms with Crippen LogP contribution < -0.4 is 5.32 Å². The highest BCUT2D eigenvalue weighted by molar-refractivity contribution is 7.89. The van der Waals surface area contributed by atoms with Crippen LogP contribution in [0.2, 0.25) is 0 Å². The molecule has 0 aromatic heterocycles. The van der Waals surface area contributed by atoms with E-state index in [0.717, 1.165) is 27.7 Å². The van der Waals surface area contributed by atoms with Gasteiger partial charge in [-0.05, 0) is 42.7 Å². The maximum absolute atomic E-state index is 12.6. The third kappa shape index (κ3) is 4.07. The predicted octanol–water partition coefficient (Wildman–Crippen LogP) is 2.99. The van der Waals surface area contributed by atoms with Crippen LogP contribution in [0.4, 0.5) is 5.69 Å². The van der Waals surface area contributed by atoms with Crippen LogP contribution in [0.3, 0.4) is 0 Å². The highest BCUT2D eigenvalue weighted by Crippen LogP contribution is 2.23. The Morgan fingerprint density at radius 2 is 1.88 bits per heavy atom. The number of hydrogen-bond donors (Lipinski definition) is 1. The Morgan fingerprint density at radius 1 is 1.20 bits per heavy atom. The SMILES string of the molecule is CCc1cccc(C)c1NC(=O)c1cccc(S(=O)(=O)N(C)OC)c1. The van der Waals surface area contributed by atoms with Crippen LogP contribution >= 0.6 is 0 Å². The minimum Gasteiger partial charge on any atom is -0.321 e. The molecule has 0 aliphatic carbocycles. The summed E-state index contributed by atoms with van der Waals surface area (Å²) in [6, 6.07) is 11.7. The largest absolute Gasteiger partial charge is 0.321 e. The number of benzene rings is 2. The molecule has 7 heteroatoms. The predicted molar refractivity (Wildman–Crippen MR) is 96.9 cm³/mol. The molecular formula is C18H22N2O4S. The number of hydrogen-bond acceptors (Lipinski definition) is 4. The molecule has 0 aliphatic rings. The Morgan fingerprint density at radius 3 is 2.52 bits per heavy atom. The van der Waals surface area contributed by atoms with E-state index in [0.29, 0.717) is 0 Å². The third-order valence-electron chi connectivity index (χ3n) is 3.97. The Labute approximate surface area is 148 Å². The molecule has 0 bridgehead atoms. The third-order valence-corrected chi connectivity index (χ3v) is 5.64. The molecular weight excluding hydrogens is 340 g/mol. The molecule has 0 fully saturated rings. The number of amides is 1. The summed E-state index contributed by atoms with van der Waals surface area (Å²) < 4.78 is 25.4. The van der Waals surface area contributed by atoms with Crippen LogP contribution in [0.25, 0.3) is 0 Å². The highest BCUT2D eigenvalue weighted by Gasteiger charge is 2.22. The minimum absolute atomic E-state index is 0.00926. The molecule has 0 spiro atoms. The van der Waals surface area contributed by atoms with Crippen molar-refractivity contribution in [1.82, 2.24) is 4.47 Å². The van der Waals surface area contributed by atoms with Gasteiger partial charge >= 0.3 is 0 Å². The quantitative estimate of drug-likeness (QED) is 0.802. The van der Waals surface area contributed by atoms with Gasteiger partial charge in [-0.25, -0.2) is 8.42 Å². The first kappa shape index (κ1) is 19.1. The number of nitrogens with one attached hydrogen (secondary N) is 1. The number of anilines is 1. The zero-order valence-corrected chi connectivity index (χ0v) is 15.6. The molecule has 0 radical (unpaired) electrons. The number of nitrogens with zero attached hydrogens (tertiary/aromatic N) is 1. The summed E-state index contributed by atoms with van der Waals surface area (Å²) in [7, 11) is -1.25. The monoisotopic (exact) mass is 362 g/mol. The first-order valence-corrected chi connectivity index (χ1v) is 9.28. The van der Waals surface area contributed by atoms with E-state index in [9.17, 15) is 13.2 Å². The van der Waals surface area contributed by atoms with Gasteiger partial charge in [0.25, 0.3) is 15.9 Å². The first-order valence-electron chi connectivity index (χ1n) is 7.84. The van der Waals surface area contributed by atoms with Gasteiger partial charge in [-0.2, -0.15) is 0 Å². The van der Waals surface area contributed by atoms with Crippen molar-refractivity contribution in [1.29, 1.82) is 0 Å². The number of rotatable bonds is 6. The van der Waals surface area contributed by atoms with Crippen LogP contribution in [0.1, 0.15) is 28.4 Å². The van der Waals surface area contributed by atoms with Gasteiger partial charge in [0.2, 0.25) is 0 Å². The van der Waals surface area contributed by atoms with E-state index < -0.39 is 10.0 Å². The van der Waals surface area contributed by atoms with Crippen molar-refractivity contribution in [3.63, 3.8) is 0 Å². The van der Waals surface area contributed by atoms with Gasteiger partial charge in [0.15, 0.2) is 0 Å². The summed E-state index contributed by atoms with van der Waals surface area (Å²) in [6.07, 6.45) is 0.782. The summed E-state index contributed by atoms with van der Waals surface area (Å²) in [4.78, 5) is 17.3. The molecule has 0 saturated carbocycles. The molecule has 0 saturated heterocycles. The van der Waals surface area contributed by atoms with E-state index >= 15 is 0 Å². The number of carbonyl (C=O) groups excluding carboxylic acids is 1. The molecule has 2 rings (SSSR count). The molecule has 25 heavy (non-hydrogen) atoms. The van der Waals surface area contributed by atoms with Gasteiger partial charge < -0.3 is 5.32 Å². The van der Waals surface area contributed by atoms with Crippen molar-refractivity contribution in [2.45, 2.75) is 25.2 Å². The van der Waals surface area contributed by atoms with Crippen LogP contribution in [0.15, 0.2) is 47.4 Å². The van der Waals surface area contributed by atoms with Gasteiger partial charge in [-0.1, -0.05) is 35.7 Å². The number of para-hydroxylation sites is 1. The Hall–Kier alpha value is -2.22. The molecule has 0 unspecified atom stereocenters. The number of sulfonamides is 1. The molecule has 1 N–H and O–H groups in total. The van der Waals surface area contributed by atoms with Gasteiger partial charge in [0.1, 0.15) is 0 Å². The minimum atomic E-state index is -3.81. The lowest BCUT2D eigenvalue weighted by atomic mass is 10.1. The number of aryl methyl sites for hydroxylation is 2. The highest BCUT2D eigenvalue weighted by atomic mass is 32.2. The molecule has 6 nitrogen and oxygen atoms in total. The summed E-state index contributed by atoms with van der Waals surface area (Å²) in [5.41, 5.74) is 3.00. The van der Waals surface area contributed by atoms with E-state index in [1.807, 2.05) is 32.0 Å². The molecule has 2 aromatic carbocycles. The summed E-state index contributed by atoms with van der Waals surface area (Å²) in [5, 5.41) is 2.89. The van der Waals surface area contributed by atoms with E-state index in [4.69, 9.17) is 4.84 Å². The number of hydroxylamine groups is 1. The molecule has 0 atom stereocenters. The van der Waals surface area contributed by atoms with Gasteiger partial charge in [-0.15, -0.1) is 0 Å². The molecule has 0 aliphatic heterocycles. The zero-order valence-electron chi connectivity index (χ0n) is 14.7. The number of carbonyl (C=O) groups is 1. The van der Waals surface area contributed by atoms with Crippen LogP contribution in [-0.2, 0) is 21.3 Å². The van der Waals surface area contributed by atoms with Crippen LogP contribution in [-0.4, -0.2) is 33.0 Å². The normalized spacial score (nSPS) is 11.6. The smallest absolute Gasteiger partial charge is 0.264 e. The average molecular weight is 362 g/mol. The Kier molecular flexibility index (Phi) is 5.94. The van der Waals surface area contributed by atoms with Gasteiger partial charge in [0.05, 0.1) is 12.0 Å². The standard InChI is InChI=1S/C18H22N2O4S/c1-5-14-9-6-8-13(2)17(14)19-18(21)15-10-7-11-16(12-15)25(22,23)20(3)24-4/h6-12H,5H2,1-4H3,(H,19,21). The maximum Gasteiger partial charge on any atom is 0.264 e. The fourth-order valence-corrected chi connectivity index (χ4v) is 3.45. The van der Waals surface area contributed by atoms with Crippen molar-refractivity contribution in [3.05, 3.63) is 59.2 Å².